The molecule has 0 atom stereocenters. The lowest BCUT2D eigenvalue weighted by Gasteiger charge is -2.10. The first kappa shape index (κ1) is 14.3. The lowest BCUT2D eigenvalue weighted by Crippen LogP contribution is -2.31. The normalized spacial score (nSPS) is 13.7. The molecule has 2 amide bonds. The van der Waals surface area contributed by atoms with Gasteiger partial charge >= 0.3 is 0 Å². The molecular weight excluding hydrogens is 256 g/mol. The van der Waals surface area contributed by atoms with Crippen molar-refractivity contribution in [1.82, 2.24) is 15.2 Å². The number of hydrogen-bond donors (Lipinski definition) is 2. The standard InChI is InChI=1S/C14H20N4O2/c1-18(2)14(20)11-5-6-12(15-8-11)16-9-13(19)17-7-10-3-4-10/h5-6,8,10H,3-4,7,9H2,1-2H3,(H,15,16)(H,17,19). The average Bonchev–Trinajstić information content (AvgIpc) is 3.26. The Bertz CT molecular complexity index is 480. The minimum atomic E-state index is -0.0915. The van der Waals surface area contributed by atoms with Crippen LogP contribution in [0.15, 0.2) is 18.3 Å². The van der Waals surface area contributed by atoms with Gasteiger partial charge in [-0.1, -0.05) is 0 Å². The Morgan fingerprint density at radius 1 is 1.35 bits per heavy atom. The van der Waals surface area contributed by atoms with Crippen LogP contribution in [0.2, 0.25) is 0 Å². The number of aromatic nitrogens is 1. The van der Waals surface area contributed by atoms with Crippen LogP contribution in [-0.2, 0) is 4.79 Å². The summed E-state index contributed by atoms with van der Waals surface area (Å²) in [5.41, 5.74) is 0.527. The molecule has 0 radical (unpaired) electrons. The smallest absolute Gasteiger partial charge is 0.254 e. The monoisotopic (exact) mass is 276 g/mol. The third-order valence-electron chi connectivity index (χ3n) is 3.13. The Balaban J connectivity index is 1.77. The van der Waals surface area contributed by atoms with Crippen LogP contribution in [0.4, 0.5) is 5.82 Å². The number of anilines is 1. The van der Waals surface area contributed by atoms with Crippen LogP contribution in [-0.4, -0.2) is 48.9 Å². The fourth-order valence-corrected chi connectivity index (χ4v) is 1.70. The molecule has 1 saturated carbocycles. The van der Waals surface area contributed by atoms with Gasteiger partial charge in [-0.2, -0.15) is 0 Å². The number of pyridine rings is 1. The third kappa shape index (κ3) is 4.22. The number of carbonyl (C=O) groups is 2. The quantitative estimate of drug-likeness (QED) is 0.803. The molecule has 0 unspecified atom stereocenters. The van der Waals surface area contributed by atoms with E-state index in [1.807, 2.05) is 0 Å². The van der Waals surface area contributed by atoms with Crippen molar-refractivity contribution in [2.24, 2.45) is 5.92 Å². The van der Waals surface area contributed by atoms with Crippen molar-refractivity contribution < 1.29 is 9.59 Å². The third-order valence-corrected chi connectivity index (χ3v) is 3.13. The van der Waals surface area contributed by atoms with Crippen LogP contribution in [0.25, 0.3) is 0 Å². The molecule has 1 aromatic rings. The first-order valence-corrected chi connectivity index (χ1v) is 6.74. The summed E-state index contributed by atoms with van der Waals surface area (Å²) in [7, 11) is 3.39. The fourth-order valence-electron chi connectivity index (χ4n) is 1.70. The van der Waals surface area contributed by atoms with Gasteiger partial charge < -0.3 is 15.5 Å². The SMILES string of the molecule is CN(C)C(=O)c1ccc(NCC(=O)NCC2CC2)nc1. The highest BCUT2D eigenvalue weighted by Gasteiger charge is 2.21. The van der Waals surface area contributed by atoms with Crippen LogP contribution >= 0.6 is 0 Å². The van der Waals surface area contributed by atoms with Crippen LogP contribution in [0.5, 0.6) is 0 Å². The van der Waals surface area contributed by atoms with E-state index >= 15 is 0 Å². The molecule has 2 N–H and O–H groups in total. The second-order valence-corrected chi connectivity index (χ2v) is 5.23. The van der Waals surface area contributed by atoms with Gasteiger partial charge in [-0.25, -0.2) is 4.98 Å². The van der Waals surface area contributed by atoms with Crippen molar-refractivity contribution in [1.29, 1.82) is 0 Å². The van der Waals surface area contributed by atoms with Gasteiger partial charge in [-0.15, -0.1) is 0 Å². The van der Waals surface area contributed by atoms with E-state index in [9.17, 15) is 9.59 Å². The van der Waals surface area contributed by atoms with Gasteiger partial charge in [0.05, 0.1) is 12.1 Å². The predicted octanol–water partition coefficient (Wildman–Crippen LogP) is 0.721. The van der Waals surface area contributed by atoms with Crippen molar-refractivity contribution in [3.8, 4) is 0 Å². The highest BCUT2D eigenvalue weighted by atomic mass is 16.2. The zero-order chi connectivity index (χ0) is 14.5. The van der Waals surface area contributed by atoms with Gasteiger partial charge in [0.15, 0.2) is 0 Å². The van der Waals surface area contributed by atoms with Crippen LogP contribution in [0.3, 0.4) is 0 Å². The molecular formula is C14H20N4O2. The molecule has 108 valence electrons. The number of rotatable bonds is 6. The van der Waals surface area contributed by atoms with Crippen molar-refractivity contribution in [2.75, 3.05) is 32.5 Å². The van der Waals surface area contributed by atoms with Gasteiger partial charge in [-0.3, -0.25) is 9.59 Å². The number of hydrogen-bond acceptors (Lipinski definition) is 4. The zero-order valence-electron chi connectivity index (χ0n) is 11.8. The minimum Gasteiger partial charge on any atom is -0.361 e. The topological polar surface area (TPSA) is 74.3 Å². The minimum absolute atomic E-state index is 0.0351. The van der Waals surface area contributed by atoms with Gasteiger partial charge in [0.2, 0.25) is 5.91 Å². The van der Waals surface area contributed by atoms with E-state index in [-0.39, 0.29) is 18.4 Å². The maximum atomic E-state index is 11.7. The van der Waals surface area contributed by atoms with Gasteiger partial charge in [0.1, 0.15) is 5.82 Å². The molecule has 1 aromatic heterocycles. The van der Waals surface area contributed by atoms with Crippen molar-refractivity contribution in [3.05, 3.63) is 23.9 Å². The second-order valence-electron chi connectivity index (χ2n) is 5.23. The molecule has 0 aromatic carbocycles. The molecule has 1 aliphatic carbocycles. The summed E-state index contributed by atoms with van der Waals surface area (Å²) in [6, 6.07) is 3.39. The molecule has 0 aliphatic heterocycles. The van der Waals surface area contributed by atoms with Crippen LogP contribution in [0, 0.1) is 5.92 Å². The summed E-state index contributed by atoms with van der Waals surface area (Å²) >= 11 is 0. The maximum absolute atomic E-state index is 11.7. The Morgan fingerprint density at radius 2 is 2.10 bits per heavy atom. The molecule has 0 saturated heterocycles. The van der Waals surface area contributed by atoms with Crippen molar-refractivity contribution in [3.63, 3.8) is 0 Å². The number of nitrogens with one attached hydrogen (secondary N) is 2. The first-order valence-electron chi connectivity index (χ1n) is 6.74. The fraction of sp³-hybridized carbons (Fsp3) is 0.500. The number of amides is 2. The predicted molar refractivity (Wildman–Crippen MR) is 76.5 cm³/mol. The Hall–Kier alpha value is -2.11. The summed E-state index contributed by atoms with van der Waals surface area (Å²) in [5.74, 6) is 1.13. The molecule has 6 heteroatoms. The summed E-state index contributed by atoms with van der Waals surface area (Å²) in [6.07, 6.45) is 3.94. The van der Waals surface area contributed by atoms with E-state index in [4.69, 9.17) is 0 Å². The Morgan fingerprint density at radius 3 is 2.65 bits per heavy atom. The second kappa shape index (κ2) is 6.36. The van der Waals surface area contributed by atoms with E-state index in [1.54, 1.807) is 26.2 Å². The highest BCUT2D eigenvalue weighted by Crippen LogP contribution is 2.27. The molecule has 6 nitrogen and oxygen atoms in total. The van der Waals surface area contributed by atoms with E-state index in [0.717, 1.165) is 6.54 Å². The Kier molecular flexibility index (Phi) is 4.55. The average molecular weight is 276 g/mol. The molecule has 1 aliphatic rings. The molecule has 1 fully saturated rings. The van der Waals surface area contributed by atoms with E-state index < -0.39 is 0 Å². The van der Waals surface area contributed by atoms with Gasteiger partial charge in [-0.05, 0) is 30.9 Å². The summed E-state index contributed by atoms with van der Waals surface area (Å²) in [6.45, 7) is 0.963. The molecule has 20 heavy (non-hydrogen) atoms. The summed E-state index contributed by atoms with van der Waals surface area (Å²) in [4.78, 5) is 28.8. The number of nitrogens with zero attached hydrogens (tertiary/aromatic N) is 2. The van der Waals surface area contributed by atoms with Crippen LogP contribution in [0.1, 0.15) is 23.2 Å². The lowest BCUT2D eigenvalue weighted by molar-refractivity contribution is -0.119. The largest absolute Gasteiger partial charge is 0.361 e. The van der Waals surface area contributed by atoms with E-state index in [1.165, 1.54) is 23.9 Å². The summed E-state index contributed by atoms with van der Waals surface area (Å²) < 4.78 is 0. The molecule has 2 rings (SSSR count). The maximum Gasteiger partial charge on any atom is 0.254 e. The van der Waals surface area contributed by atoms with Gasteiger partial charge in [0.25, 0.3) is 5.91 Å². The molecule has 0 bridgehead atoms. The zero-order valence-corrected chi connectivity index (χ0v) is 11.8. The number of carbonyl (C=O) groups excluding carboxylic acids is 2. The van der Waals surface area contributed by atoms with Crippen molar-refractivity contribution >= 4 is 17.6 Å². The van der Waals surface area contributed by atoms with Crippen molar-refractivity contribution in [2.45, 2.75) is 12.8 Å². The first-order chi connectivity index (χ1) is 9.56. The highest BCUT2D eigenvalue weighted by molar-refractivity contribution is 5.93. The van der Waals surface area contributed by atoms with E-state index in [2.05, 4.69) is 15.6 Å². The van der Waals surface area contributed by atoms with E-state index in [0.29, 0.717) is 17.3 Å². The molecule has 0 spiro atoms. The Labute approximate surface area is 118 Å². The lowest BCUT2D eigenvalue weighted by atomic mass is 10.2. The van der Waals surface area contributed by atoms with Crippen LogP contribution < -0.4 is 10.6 Å². The summed E-state index contributed by atoms with van der Waals surface area (Å²) in [5, 5.41) is 5.81. The van der Waals surface area contributed by atoms with Gasteiger partial charge in [0, 0.05) is 26.8 Å². The molecule has 1 heterocycles.